The Balaban J connectivity index is 3.48. The molecule has 4 nitrogen and oxygen atoms in total. The first-order valence-corrected chi connectivity index (χ1v) is 23.4. The Labute approximate surface area is 320 Å². The van der Waals surface area contributed by atoms with Crippen LogP contribution < -0.4 is 5.32 Å². The molecule has 0 fully saturated rings. The average molecular weight is 720 g/mol. The molecule has 0 saturated heterocycles. The highest BCUT2D eigenvalue weighted by molar-refractivity contribution is 5.76. The highest BCUT2D eigenvalue weighted by Crippen LogP contribution is 2.16. The Hall–Kier alpha value is -0.870. The van der Waals surface area contributed by atoms with Crippen molar-refractivity contribution in [3.05, 3.63) is 12.2 Å². The molecule has 2 atom stereocenters. The van der Waals surface area contributed by atoms with Crippen LogP contribution in [0.5, 0.6) is 0 Å². The van der Waals surface area contributed by atoms with Crippen molar-refractivity contribution in [1.82, 2.24) is 5.32 Å². The van der Waals surface area contributed by atoms with Gasteiger partial charge in [-0.25, -0.2) is 0 Å². The van der Waals surface area contributed by atoms with Gasteiger partial charge in [0, 0.05) is 6.42 Å². The molecule has 0 aliphatic heterocycles. The number of carbonyl (C=O) groups is 1. The summed E-state index contributed by atoms with van der Waals surface area (Å²) in [5, 5.41) is 23.2. The molecule has 51 heavy (non-hydrogen) atoms. The fourth-order valence-electron chi connectivity index (χ4n) is 7.42. The standard InChI is InChI=1S/C47H93NO3/c1-3-5-7-9-11-13-15-17-19-21-22-23-24-25-26-27-29-31-33-35-37-39-41-43-47(51)48-45(44-49)46(50)42-40-38-36-34-32-30-28-20-18-16-14-12-10-8-6-4-2/h25-26,45-46,49-50H,3-24,27-44H2,1-2H3,(H,48,51)/b26-25-. The van der Waals surface area contributed by atoms with Crippen LogP contribution >= 0.6 is 0 Å². The number of nitrogens with one attached hydrogen (secondary N) is 1. The molecule has 0 aromatic carbocycles. The van der Waals surface area contributed by atoms with E-state index < -0.39 is 12.1 Å². The first-order chi connectivity index (χ1) is 25.2. The number of hydrogen-bond donors (Lipinski definition) is 3. The maximum absolute atomic E-state index is 12.4. The summed E-state index contributed by atoms with van der Waals surface area (Å²) in [6.07, 6.45) is 54.4. The zero-order valence-corrected chi connectivity index (χ0v) is 34.9. The quantitative estimate of drug-likeness (QED) is 0.0434. The van der Waals surface area contributed by atoms with Gasteiger partial charge in [0.05, 0.1) is 18.8 Å². The van der Waals surface area contributed by atoms with E-state index in [1.165, 1.54) is 212 Å². The lowest BCUT2D eigenvalue weighted by molar-refractivity contribution is -0.123. The lowest BCUT2D eigenvalue weighted by Gasteiger charge is -2.22. The monoisotopic (exact) mass is 720 g/mol. The molecule has 0 aliphatic rings. The fraction of sp³-hybridized carbons (Fsp3) is 0.936. The van der Waals surface area contributed by atoms with Gasteiger partial charge in [0.15, 0.2) is 0 Å². The molecule has 0 aromatic heterocycles. The number of aliphatic hydroxyl groups is 2. The molecule has 0 rings (SSSR count). The van der Waals surface area contributed by atoms with Crippen LogP contribution in [-0.2, 0) is 4.79 Å². The molecule has 2 unspecified atom stereocenters. The van der Waals surface area contributed by atoms with E-state index in [1.807, 2.05) is 0 Å². The third kappa shape index (κ3) is 40.2. The molecular weight excluding hydrogens is 627 g/mol. The van der Waals surface area contributed by atoms with Gasteiger partial charge in [0.1, 0.15) is 0 Å². The van der Waals surface area contributed by atoms with Gasteiger partial charge in [-0.15, -0.1) is 0 Å². The van der Waals surface area contributed by atoms with Gasteiger partial charge in [0.25, 0.3) is 0 Å². The van der Waals surface area contributed by atoms with E-state index >= 15 is 0 Å². The zero-order chi connectivity index (χ0) is 37.1. The predicted octanol–water partition coefficient (Wildman–Crippen LogP) is 14.6. The highest BCUT2D eigenvalue weighted by atomic mass is 16.3. The Morgan fingerprint density at radius 3 is 1.08 bits per heavy atom. The second-order valence-electron chi connectivity index (χ2n) is 16.2. The normalized spacial score (nSPS) is 12.9. The van der Waals surface area contributed by atoms with Crippen LogP contribution in [0.15, 0.2) is 12.2 Å². The molecule has 0 saturated carbocycles. The summed E-state index contributed by atoms with van der Waals surface area (Å²) in [5.74, 6) is -0.0321. The molecule has 0 heterocycles. The van der Waals surface area contributed by atoms with Gasteiger partial charge in [0.2, 0.25) is 5.91 Å². The van der Waals surface area contributed by atoms with Gasteiger partial charge < -0.3 is 15.5 Å². The summed E-state index contributed by atoms with van der Waals surface area (Å²) in [6.45, 7) is 4.38. The molecular formula is C47H93NO3. The molecule has 4 heteroatoms. The van der Waals surface area contributed by atoms with E-state index in [2.05, 4.69) is 31.3 Å². The Morgan fingerprint density at radius 2 is 0.745 bits per heavy atom. The number of carbonyl (C=O) groups excluding carboxylic acids is 1. The lowest BCUT2D eigenvalue weighted by Crippen LogP contribution is -2.45. The number of unbranched alkanes of at least 4 members (excludes halogenated alkanes) is 34. The topological polar surface area (TPSA) is 69.6 Å². The Bertz CT molecular complexity index is 695. The summed E-state index contributed by atoms with van der Waals surface area (Å²) < 4.78 is 0. The minimum atomic E-state index is -0.658. The number of rotatable bonds is 43. The van der Waals surface area contributed by atoms with Crippen LogP contribution in [0, 0.1) is 0 Å². The van der Waals surface area contributed by atoms with E-state index in [0.29, 0.717) is 12.8 Å². The molecule has 0 radical (unpaired) electrons. The Kier molecular flexibility index (Phi) is 42.8. The van der Waals surface area contributed by atoms with E-state index in [4.69, 9.17) is 0 Å². The molecule has 304 valence electrons. The molecule has 0 aliphatic carbocycles. The minimum Gasteiger partial charge on any atom is -0.394 e. The van der Waals surface area contributed by atoms with Crippen LogP contribution in [0.4, 0.5) is 0 Å². The third-order valence-electron chi connectivity index (χ3n) is 11.0. The van der Waals surface area contributed by atoms with Crippen LogP contribution in [-0.4, -0.2) is 34.9 Å². The average Bonchev–Trinajstić information content (AvgIpc) is 3.13. The molecule has 0 bridgehead atoms. The Morgan fingerprint density at radius 1 is 0.451 bits per heavy atom. The van der Waals surface area contributed by atoms with Gasteiger partial charge >= 0.3 is 0 Å². The van der Waals surface area contributed by atoms with Crippen molar-refractivity contribution < 1.29 is 15.0 Å². The SMILES string of the molecule is CCCCCCCCCCCCCC/C=C\CCCCCCCCCC(=O)NC(CO)C(O)CCCCCCCCCCCCCCCCCC. The van der Waals surface area contributed by atoms with Gasteiger partial charge in [-0.2, -0.15) is 0 Å². The van der Waals surface area contributed by atoms with E-state index in [9.17, 15) is 15.0 Å². The second kappa shape index (κ2) is 43.5. The molecule has 0 aromatic rings. The number of allylic oxidation sites excluding steroid dienone is 2. The molecule has 0 spiro atoms. The lowest BCUT2D eigenvalue weighted by atomic mass is 10.0. The van der Waals surface area contributed by atoms with Crippen molar-refractivity contribution in [2.75, 3.05) is 6.61 Å². The largest absolute Gasteiger partial charge is 0.394 e. The maximum atomic E-state index is 12.4. The minimum absolute atomic E-state index is 0.0321. The van der Waals surface area contributed by atoms with Crippen LogP contribution in [0.25, 0.3) is 0 Å². The predicted molar refractivity (Wildman–Crippen MR) is 226 cm³/mol. The van der Waals surface area contributed by atoms with Crippen LogP contribution in [0.3, 0.4) is 0 Å². The van der Waals surface area contributed by atoms with Crippen molar-refractivity contribution in [3.63, 3.8) is 0 Å². The maximum Gasteiger partial charge on any atom is 0.220 e. The summed E-state index contributed by atoms with van der Waals surface area (Å²) >= 11 is 0. The third-order valence-corrected chi connectivity index (χ3v) is 11.0. The first-order valence-electron chi connectivity index (χ1n) is 23.4. The number of aliphatic hydroxyl groups excluding tert-OH is 2. The highest BCUT2D eigenvalue weighted by Gasteiger charge is 2.20. The zero-order valence-electron chi connectivity index (χ0n) is 34.9. The van der Waals surface area contributed by atoms with Gasteiger partial charge in [-0.3, -0.25) is 4.79 Å². The summed E-state index contributed by atoms with van der Waals surface area (Å²) in [5.41, 5.74) is 0. The summed E-state index contributed by atoms with van der Waals surface area (Å²) in [7, 11) is 0. The van der Waals surface area contributed by atoms with E-state index in [0.717, 1.165) is 25.7 Å². The van der Waals surface area contributed by atoms with Crippen molar-refractivity contribution in [2.45, 2.75) is 276 Å². The smallest absolute Gasteiger partial charge is 0.220 e. The summed E-state index contributed by atoms with van der Waals surface area (Å²) in [6, 6.07) is -0.535. The van der Waals surface area contributed by atoms with Crippen molar-refractivity contribution in [1.29, 1.82) is 0 Å². The molecule has 1 amide bonds. The first kappa shape index (κ1) is 50.1. The van der Waals surface area contributed by atoms with Crippen molar-refractivity contribution in [3.8, 4) is 0 Å². The number of hydrogen-bond acceptors (Lipinski definition) is 3. The van der Waals surface area contributed by atoms with Crippen molar-refractivity contribution >= 4 is 5.91 Å². The summed E-state index contributed by atoms with van der Waals surface area (Å²) in [4.78, 5) is 12.4. The van der Waals surface area contributed by atoms with Crippen LogP contribution in [0.1, 0.15) is 264 Å². The van der Waals surface area contributed by atoms with Gasteiger partial charge in [-0.05, 0) is 38.5 Å². The fourth-order valence-corrected chi connectivity index (χ4v) is 7.42. The number of amides is 1. The molecule has 3 N–H and O–H groups in total. The van der Waals surface area contributed by atoms with Crippen molar-refractivity contribution in [2.24, 2.45) is 0 Å². The van der Waals surface area contributed by atoms with Crippen LogP contribution in [0.2, 0.25) is 0 Å². The van der Waals surface area contributed by atoms with Gasteiger partial charge in [-0.1, -0.05) is 231 Å². The van der Waals surface area contributed by atoms with E-state index in [-0.39, 0.29) is 12.5 Å². The van der Waals surface area contributed by atoms with E-state index in [1.54, 1.807) is 0 Å². The second-order valence-corrected chi connectivity index (χ2v) is 16.2.